The zero-order valence-corrected chi connectivity index (χ0v) is 19.8. The van der Waals surface area contributed by atoms with E-state index in [0.717, 1.165) is 33.1 Å². The quantitative estimate of drug-likeness (QED) is 0.340. The second-order valence-corrected chi connectivity index (χ2v) is 8.70. The molecule has 0 unspecified atom stereocenters. The fraction of sp³-hybridized carbons (Fsp3) is 0.240. The number of thioether (sulfide) groups is 1. The molecule has 0 saturated carbocycles. The van der Waals surface area contributed by atoms with Gasteiger partial charge in [0, 0.05) is 36.3 Å². The molecule has 2 heterocycles. The minimum absolute atomic E-state index is 0.0722. The van der Waals surface area contributed by atoms with Gasteiger partial charge < -0.3 is 19.4 Å². The number of amides is 3. The molecule has 1 fully saturated rings. The van der Waals surface area contributed by atoms with E-state index in [1.807, 2.05) is 28.8 Å². The Labute approximate surface area is 205 Å². The van der Waals surface area contributed by atoms with Gasteiger partial charge in [-0.15, -0.1) is 0 Å². The van der Waals surface area contributed by atoms with E-state index in [1.54, 1.807) is 19.4 Å². The Balaban J connectivity index is 1.46. The van der Waals surface area contributed by atoms with Gasteiger partial charge in [-0.25, -0.2) is 4.39 Å². The number of imide groups is 1. The largest absolute Gasteiger partial charge is 0.492 e. The van der Waals surface area contributed by atoms with Crippen molar-refractivity contribution in [2.75, 3.05) is 33.4 Å². The summed E-state index contributed by atoms with van der Waals surface area (Å²) >= 11 is 0.861. The van der Waals surface area contributed by atoms with Gasteiger partial charge in [-0.3, -0.25) is 19.3 Å². The molecular weight excluding hydrogens is 473 g/mol. The van der Waals surface area contributed by atoms with Crippen molar-refractivity contribution < 1.29 is 28.2 Å². The molecule has 1 aliphatic rings. The first-order valence-electron chi connectivity index (χ1n) is 10.9. The summed E-state index contributed by atoms with van der Waals surface area (Å²) in [7, 11) is 1.57. The molecule has 8 nitrogen and oxygen atoms in total. The van der Waals surface area contributed by atoms with Gasteiger partial charge in [-0.2, -0.15) is 0 Å². The summed E-state index contributed by atoms with van der Waals surface area (Å²) in [5.74, 6) is -0.484. The van der Waals surface area contributed by atoms with Crippen molar-refractivity contribution >= 4 is 45.8 Å². The Morgan fingerprint density at radius 3 is 2.66 bits per heavy atom. The number of para-hydroxylation sites is 1. The first kappa shape index (κ1) is 24.5. The van der Waals surface area contributed by atoms with E-state index < -0.39 is 5.91 Å². The zero-order valence-electron chi connectivity index (χ0n) is 19.0. The van der Waals surface area contributed by atoms with Gasteiger partial charge >= 0.3 is 0 Å². The third-order valence-electron chi connectivity index (χ3n) is 5.32. The first-order valence-corrected chi connectivity index (χ1v) is 11.7. The van der Waals surface area contributed by atoms with Crippen LogP contribution < -0.4 is 10.1 Å². The normalized spacial score (nSPS) is 14.8. The fourth-order valence-electron chi connectivity index (χ4n) is 3.64. The van der Waals surface area contributed by atoms with Crippen LogP contribution in [0.15, 0.2) is 59.6 Å². The van der Waals surface area contributed by atoms with Crippen molar-refractivity contribution in [3.8, 4) is 5.75 Å². The summed E-state index contributed by atoms with van der Waals surface area (Å²) in [5, 5.41) is 3.27. The number of rotatable bonds is 10. The van der Waals surface area contributed by atoms with Crippen LogP contribution >= 0.6 is 11.8 Å². The summed E-state index contributed by atoms with van der Waals surface area (Å²) in [6.45, 7) is 1.12. The van der Waals surface area contributed by atoms with Crippen LogP contribution in [0, 0.1) is 5.82 Å². The van der Waals surface area contributed by atoms with Crippen LogP contribution in [0.1, 0.15) is 5.56 Å². The number of benzene rings is 2. The highest BCUT2D eigenvalue weighted by atomic mass is 32.2. The van der Waals surface area contributed by atoms with Gasteiger partial charge in [0.2, 0.25) is 5.91 Å². The highest BCUT2D eigenvalue weighted by molar-refractivity contribution is 8.18. The molecule has 1 aromatic heterocycles. The van der Waals surface area contributed by atoms with Gasteiger partial charge in [0.25, 0.3) is 11.1 Å². The highest BCUT2D eigenvalue weighted by Crippen LogP contribution is 2.34. The smallest absolute Gasteiger partial charge is 0.293 e. The second kappa shape index (κ2) is 11.2. The Kier molecular flexibility index (Phi) is 7.84. The Morgan fingerprint density at radius 2 is 1.89 bits per heavy atom. The topological polar surface area (TPSA) is 89.9 Å². The number of methoxy groups -OCH3 is 1. The van der Waals surface area contributed by atoms with Crippen LogP contribution in [0.4, 0.5) is 9.18 Å². The van der Waals surface area contributed by atoms with Gasteiger partial charge in [-0.05, 0) is 48.2 Å². The number of aromatic nitrogens is 1. The van der Waals surface area contributed by atoms with E-state index in [9.17, 15) is 18.8 Å². The SMILES string of the molecule is COCCNC(=O)Cn1cc(/C=C2\SC(=O)N(CCOc3ccc(F)cc3)C2=O)c2ccccc21. The van der Waals surface area contributed by atoms with Crippen molar-refractivity contribution in [2.45, 2.75) is 6.54 Å². The van der Waals surface area contributed by atoms with E-state index in [-0.39, 0.29) is 36.7 Å². The second-order valence-electron chi connectivity index (χ2n) is 7.71. The van der Waals surface area contributed by atoms with Crippen LogP contribution in [0.2, 0.25) is 0 Å². The van der Waals surface area contributed by atoms with Gasteiger partial charge in [-0.1, -0.05) is 18.2 Å². The Bertz CT molecular complexity index is 1270. The molecular formula is C25H24FN3O5S. The summed E-state index contributed by atoms with van der Waals surface area (Å²) in [6, 6.07) is 13.1. The highest BCUT2D eigenvalue weighted by Gasteiger charge is 2.35. The van der Waals surface area contributed by atoms with Crippen LogP contribution in [-0.2, 0) is 20.9 Å². The molecule has 0 bridgehead atoms. The molecule has 4 rings (SSSR count). The molecule has 0 atom stereocenters. The number of nitrogens with zero attached hydrogens (tertiary/aromatic N) is 2. The predicted molar refractivity (Wildman–Crippen MR) is 131 cm³/mol. The number of carbonyl (C=O) groups is 3. The number of hydrogen-bond acceptors (Lipinski definition) is 6. The van der Waals surface area contributed by atoms with Crippen molar-refractivity contribution in [1.29, 1.82) is 0 Å². The minimum Gasteiger partial charge on any atom is -0.492 e. The number of carbonyl (C=O) groups excluding carboxylic acids is 3. The summed E-state index contributed by atoms with van der Waals surface area (Å²) < 4.78 is 25.3. The molecule has 0 aliphatic carbocycles. The van der Waals surface area contributed by atoms with Crippen LogP contribution in [0.3, 0.4) is 0 Å². The van der Waals surface area contributed by atoms with Crippen molar-refractivity contribution in [1.82, 2.24) is 14.8 Å². The van der Waals surface area contributed by atoms with Crippen molar-refractivity contribution in [2.24, 2.45) is 0 Å². The first-order chi connectivity index (χ1) is 17.0. The molecule has 3 aromatic rings. The molecule has 1 aliphatic heterocycles. The molecule has 1 N–H and O–H groups in total. The minimum atomic E-state index is -0.406. The van der Waals surface area contributed by atoms with Gasteiger partial charge in [0.1, 0.15) is 24.7 Å². The average Bonchev–Trinajstić information content (AvgIpc) is 3.32. The number of nitrogens with one attached hydrogen (secondary N) is 1. The van der Waals surface area contributed by atoms with Crippen molar-refractivity contribution in [3.63, 3.8) is 0 Å². The lowest BCUT2D eigenvalue weighted by Crippen LogP contribution is -2.32. The van der Waals surface area contributed by atoms with Crippen LogP contribution in [0.25, 0.3) is 17.0 Å². The molecule has 3 amide bonds. The summed E-state index contributed by atoms with van der Waals surface area (Å²) in [4.78, 5) is 39.1. The van der Waals surface area contributed by atoms with Crippen LogP contribution in [-0.4, -0.2) is 59.9 Å². The maximum absolute atomic E-state index is 13.0. The molecule has 35 heavy (non-hydrogen) atoms. The van der Waals surface area contributed by atoms with Gasteiger partial charge in [0.05, 0.1) is 18.1 Å². The maximum atomic E-state index is 13.0. The Morgan fingerprint density at radius 1 is 1.11 bits per heavy atom. The number of fused-ring (bicyclic) bond motifs is 1. The lowest BCUT2D eigenvalue weighted by atomic mass is 10.1. The lowest BCUT2D eigenvalue weighted by Gasteiger charge is -2.13. The maximum Gasteiger partial charge on any atom is 0.293 e. The molecule has 10 heteroatoms. The summed E-state index contributed by atoms with van der Waals surface area (Å²) in [5.41, 5.74) is 1.57. The Hall–Kier alpha value is -3.63. The fourth-order valence-corrected chi connectivity index (χ4v) is 4.50. The van der Waals surface area contributed by atoms with E-state index in [1.165, 1.54) is 24.3 Å². The predicted octanol–water partition coefficient (Wildman–Crippen LogP) is 3.66. The number of hydrogen-bond donors (Lipinski definition) is 1. The molecule has 0 radical (unpaired) electrons. The number of ether oxygens (including phenoxy) is 2. The number of halogens is 1. The van der Waals surface area contributed by atoms with E-state index in [0.29, 0.717) is 23.8 Å². The standard InChI is InChI=1S/C25H24FN3O5S/c1-33-12-10-27-23(30)16-28-15-17(20-4-2-3-5-21(20)28)14-22-24(31)29(25(32)35-22)11-13-34-19-8-6-18(26)7-9-19/h2-9,14-15H,10-13,16H2,1H3,(H,27,30)/b22-14-. The summed E-state index contributed by atoms with van der Waals surface area (Å²) in [6.07, 6.45) is 3.47. The molecule has 2 aromatic carbocycles. The third kappa shape index (κ3) is 5.90. The van der Waals surface area contributed by atoms with Crippen LogP contribution in [0.5, 0.6) is 5.75 Å². The van der Waals surface area contributed by atoms with E-state index in [4.69, 9.17) is 9.47 Å². The molecule has 1 saturated heterocycles. The van der Waals surface area contributed by atoms with E-state index in [2.05, 4.69) is 5.32 Å². The molecule has 182 valence electrons. The lowest BCUT2D eigenvalue weighted by molar-refractivity contribution is -0.123. The van der Waals surface area contributed by atoms with E-state index >= 15 is 0 Å². The average molecular weight is 498 g/mol. The zero-order chi connectivity index (χ0) is 24.8. The monoisotopic (exact) mass is 497 g/mol. The van der Waals surface area contributed by atoms with Gasteiger partial charge in [0.15, 0.2) is 0 Å². The molecule has 0 spiro atoms. The van der Waals surface area contributed by atoms with Crippen molar-refractivity contribution in [3.05, 3.63) is 71.0 Å². The third-order valence-corrected chi connectivity index (χ3v) is 6.23.